The molecule has 0 fully saturated rings. The van der Waals surface area contributed by atoms with Crippen LogP contribution in [0.2, 0.25) is 5.02 Å². The molecule has 0 aliphatic heterocycles. The largest absolute Gasteiger partial charge is 0.417 e. The maximum Gasteiger partial charge on any atom is 0.417 e. The van der Waals surface area contributed by atoms with Crippen LogP contribution in [0.4, 0.5) is 19.0 Å². The van der Waals surface area contributed by atoms with Crippen LogP contribution in [0.1, 0.15) is 16.7 Å². The first-order chi connectivity index (χ1) is 11.9. The Bertz CT molecular complexity index is 830. The highest BCUT2D eigenvalue weighted by atomic mass is 35.5. The van der Waals surface area contributed by atoms with Crippen molar-refractivity contribution in [2.24, 2.45) is 0 Å². The molecule has 2 aromatic heterocycles. The summed E-state index contributed by atoms with van der Waals surface area (Å²) in [6.07, 6.45) is -0.0895. The van der Waals surface area contributed by atoms with E-state index in [1.165, 1.54) is 0 Å². The fourth-order valence-electron chi connectivity index (χ4n) is 2.25. The zero-order valence-electron chi connectivity index (χ0n) is 13.0. The molecule has 3 rings (SSSR count). The Labute approximate surface area is 147 Å². The van der Waals surface area contributed by atoms with E-state index in [2.05, 4.69) is 15.4 Å². The van der Waals surface area contributed by atoms with Gasteiger partial charge in [0.25, 0.3) is 0 Å². The number of nitrogens with zero attached hydrogens (tertiary/aromatic N) is 3. The van der Waals surface area contributed by atoms with Crippen LogP contribution < -0.4 is 5.32 Å². The minimum absolute atomic E-state index is 0.0647. The Morgan fingerprint density at radius 3 is 2.44 bits per heavy atom. The maximum absolute atomic E-state index is 12.6. The second-order valence-corrected chi connectivity index (χ2v) is 5.83. The highest BCUT2D eigenvalue weighted by molar-refractivity contribution is 6.32. The molecular formula is C17H14ClF3N4. The summed E-state index contributed by atoms with van der Waals surface area (Å²) in [5, 5.41) is 7.03. The van der Waals surface area contributed by atoms with Gasteiger partial charge in [0.2, 0.25) is 0 Å². The quantitative estimate of drug-likeness (QED) is 0.717. The van der Waals surface area contributed by atoms with Crippen molar-refractivity contribution in [3.8, 4) is 0 Å². The SMILES string of the molecule is FC(F)(F)c1cnc(NCc2ccc(Cn3cccn3)cc2)c(Cl)c1. The van der Waals surface area contributed by atoms with Crippen LogP contribution in [-0.4, -0.2) is 14.8 Å². The second kappa shape index (κ2) is 7.14. The highest BCUT2D eigenvalue weighted by Crippen LogP contribution is 2.32. The Morgan fingerprint density at radius 2 is 1.84 bits per heavy atom. The minimum atomic E-state index is -4.46. The van der Waals surface area contributed by atoms with Crippen molar-refractivity contribution >= 4 is 17.4 Å². The van der Waals surface area contributed by atoms with E-state index in [4.69, 9.17) is 11.6 Å². The van der Waals surface area contributed by atoms with Gasteiger partial charge in [-0.05, 0) is 23.3 Å². The lowest BCUT2D eigenvalue weighted by Gasteiger charge is -2.11. The van der Waals surface area contributed by atoms with Gasteiger partial charge >= 0.3 is 6.18 Å². The summed E-state index contributed by atoms with van der Waals surface area (Å²) in [7, 11) is 0. The number of anilines is 1. The van der Waals surface area contributed by atoms with Gasteiger partial charge in [-0.2, -0.15) is 18.3 Å². The Kier molecular flexibility index (Phi) is 4.94. The van der Waals surface area contributed by atoms with E-state index in [9.17, 15) is 13.2 Å². The first kappa shape index (κ1) is 17.3. The predicted octanol–water partition coefficient (Wildman–Crippen LogP) is 4.61. The monoisotopic (exact) mass is 366 g/mol. The average molecular weight is 367 g/mol. The normalized spacial score (nSPS) is 11.5. The molecule has 8 heteroatoms. The van der Waals surface area contributed by atoms with Gasteiger partial charge in [0.1, 0.15) is 5.82 Å². The molecule has 2 heterocycles. The zero-order chi connectivity index (χ0) is 17.9. The van der Waals surface area contributed by atoms with Crippen molar-refractivity contribution in [2.75, 3.05) is 5.32 Å². The molecule has 25 heavy (non-hydrogen) atoms. The van der Waals surface area contributed by atoms with Crippen molar-refractivity contribution in [3.05, 3.63) is 76.7 Å². The van der Waals surface area contributed by atoms with Gasteiger partial charge in [0.15, 0.2) is 0 Å². The van der Waals surface area contributed by atoms with Crippen LogP contribution in [0.5, 0.6) is 0 Å². The van der Waals surface area contributed by atoms with E-state index in [-0.39, 0.29) is 10.8 Å². The number of pyridine rings is 1. The molecule has 0 amide bonds. The summed E-state index contributed by atoms with van der Waals surface area (Å²) in [6, 6.07) is 10.5. The summed E-state index contributed by atoms with van der Waals surface area (Å²) in [5.41, 5.74) is 1.19. The van der Waals surface area contributed by atoms with Crippen LogP contribution in [-0.2, 0) is 19.3 Å². The molecule has 1 aromatic carbocycles. The number of halogens is 4. The van der Waals surface area contributed by atoms with Crippen molar-refractivity contribution in [2.45, 2.75) is 19.3 Å². The molecule has 0 spiro atoms. The van der Waals surface area contributed by atoms with E-state index in [0.29, 0.717) is 13.1 Å². The van der Waals surface area contributed by atoms with Crippen LogP contribution >= 0.6 is 11.6 Å². The van der Waals surface area contributed by atoms with Crippen molar-refractivity contribution in [3.63, 3.8) is 0 Å². The first-order valence-electron chi connectivity index (χ1n) is 7.44. The molecule has 4 nitrogen and oxygen atoms in total. The van der Waals surface area contributed by atoms with Gasteiger partial charge in [0.05, 0.1) is 17.1 Å². The van der Waals surface area contributed by atoms with Crippen LogP contribution in [0.15, 0.2) is 55.0 Å². The van der Waals surface area contributed by atoms with Crippen LogP contribution in [0.3, 0.4) is 0 Å². The molecule has 0 saturated heterocycles. The molecule has 0 atom stereocenters. The summed E-state index contributed by atoms with van der Waals surface area (Å²) in [6.45, 7) is 1.08. The van der Waals surface area contributed by atoms with Crippen LogP contribution in [0.25, 0.3) is 0 Å². The van der Waals surface area contributed by atoms with E-state index in [1.807, 2.05) is 41.2 Å². The van der Waals surface area contributed by atoms with Gasteiger partial charge < -0.3 is 5.32 Å². The molecule has 0 aliphatic rings. The van der Waals surface area contributed by atoms with Gasteiger partial charge in [-0.3, -0.25) is 4.68 Å². The van der Waals surface area contributed by atoms with E-state index in [0.717, 1.165) is 23.4 Å². The molecule has 3 aromatic rings. The third-order valence-electron chi connectivity index (χ3n) is 3.56. The Morgan fingerprint density at radius 1 is 1.12 bits per heavy atom. The highest BCUT2D eigenvalue weighted by Gasteiger charge is 2.31. The predicted molar refractivity (Wildman–Crippen MR) is 89.3 cm³/mol. The van der Waals surface area contributed by atoms with E-state index >= 15 is 0 Å². The zero-order valence-corrected chi connectivity index (χ0v) is 13.7. The molecule has 0 radical (unpaired) electrons. The third-order valence-corrected chi connectivity index (χ3v) is 3.84. The van der Waals surface area contributed by atoms with Crippen molar-refractivity contribution < 1.29 is 13.2 Å². The molecule has 0 aliphatic carbocycles. The Hall–Kier alpha value is -2.54. The third kappa shape index (κ3) is 4.51. The molecule has 0 unspecified atom stereocenters. The smallest absolute Gasteiger partial charge is 0.365 e. The minimum Gasteiger partial charge on any atom is -0.365 e. The first-order valence-corrected chi connectivity index (χ1v) is 7.81. The number of rotatable bonds is 5. The number of hydrogen-bond donors (Lipinski definition) is 1. The standard InChI is InChI=1S/C17H14ClF3N4/c18-15-8-14(17(19,20)21)10-23-16(15)22-9-12-2-4-13(5-3-12)11-25-7-1-6-24-25/h1-8,10H,9,11H2,(H,22,23). The van der Waals surface area contributed by atoms with Gasteiger partial charge in [-0.15, -0.1) is 0 Å². The number of hydrogen-bond acceptors (Lipinski definition) is 3. The summed E-state index contributed by atoms with van der Waals surface area (Å²) in [5.74, 6) is 0.218. The van der Waals surface area contributed by atoms with Gasteiger partial charge in [-0.1, -0.05) is 35.9 Å². The number of alkyl halides is 3. The summed E-state index contributed by atoms with van der Waals surface area (Å²) >= 11 is 5.87. The number of benzene rings is 1. The van der Waals surface area contributed by atoms with Crippen LogP contribution in [0, 0.1) is 0 Å². The summed E-state index contributed by atoms with van der Waals surface area (Å²) < 4.78 is 39.6. The number of aromatic nitrogens is 3. The van der Waals surface area contributed by atoms with Crippen molar-refractivity contribution in [1.82, 2.24) is 14.8 Å². The average Bonchev–Trinajstić information content (AvgIpc) is 3.07. The second-order valence-electron chi connectivity index (χ2n) is 5.43. The fraction of sp³-hybridized carbons (Fsp3) is 0.176. The molecule has 130 valence electrons. The molecule has 1 N–H and O–H groups in total. The lowest BCUT2D eigenvalue weighted by molar-refractivity contribution is -0.137. The topological polar surface area (TPSA) is 42.7 Å². The van der Waals surface area contributed by atoms with E-state index in [1.54, 1.807) is 6.20 Å². The molecular weight excluding hydrogens is 353 g/mol. The van der Waals surface area contributed by atoms with Crippen molar-refractivity contribution in [1.29, 1.82) is 0 Å². The molecule has 0 saturated carbocycles. The number of nitrogens with one attached hydrogen (secondary N) is 1. The Balaban J connectivity index is 1.62. The summed E-state index contributed by atoms with van der Waals surface area (Å²) in [4.78, 5) is 3.75. The lowest BCUT2D eigenvalue weighted by Crippen LogP contribution is -2.08. The lowest BCUT2D eigenvalue weighted by atomic mass is 10.1. The fourth-order valence-corrected chi connectivity index (χ4v) is 2.49. The maximum atomic E-state index is 12.6. The van der Waals surface area contributed by atoms with E-state index < -0.39 is 11.7 Å². The molecule has 0 bridgehead atoms. The van der Waals surface area contributed by atoms with Gasteiger partial charge in [0, 0.05) is 25.1 Å². The van der Waals surface area contributed by atoms with Gasteiger partial charge in [-0.25, -0.2) is 4.98 Å².